The Morgan fingerprint density at radius 1 is 0.591 bits per heavy atom. The maximum absolute atomic E-state index is 12.5. The molecule has 6 N–H and O–H groups in total. The van der Waals surface area contributed by atoms with Crippen LogP contribution in [-0.4, -0.2) is 114 Å². The van der Waals surface area contributed by atoms with E-state index >= 15 is 0 Å². The number of aromatic nitrogens is 2. The summed E-state index contributed by atoms with van der Waals surface area (Å²) in [4.78, 5) is 33.0. The fourth-order valence-corrected chi connectivity index (χ4v) is 3.65. The molecule has 1 rings (SSSR count). The average molecular weight is 629 g/mol. The lowest BCUT2D eigenvalue weighted by atomic mass is 9.91. The summed E-state index contributed by atoms with van der Waals surface area (Å²) in [5, 5.41) is 5.40. The summed E-state index contributed by atoms with van der Waals surface area (Å²) in [6, 6.07) is 0. The molecular formula is C30H56N6O8. The molecule has 0 saturated carbocycles. The van der Waals surface area contributed by atoms with Crippen LogP contribution in [0.5, 0.6) is 0 Å². The predicted octanol–water partition coefficient (Wildman–Crippen LogP) is 2.22. The number of nitrogens with one attached hydrogen (secondary N) is 2. The fraction of sp³-hybridized carbons (Fsp3) is 0.800. The van der Waals surface area contributed by atoms with Crippen LogP contribution in [0.1, 0.15) is 80.8 Å². The van der Waals surface area contributed by atoms with Crippen LogP contribution in [0.25, 0.3) is 0 Å². The van der Waals surface area contributed by atoms with Crippen LogP contribution >= 0.6 is 0 Å². The van der Waals surface area contributed by atoms with Gasteiger partial charge >= 0.3 is 0 Å². The highest BCUT2D eigenvalue weighted by atomic mass is 16.5. The molecule has 14 heteroatoms. The number of ether oxygens (including phenoxy) is 6. The van der Waals surface area contributed by atoms with Crippen molar-refractivity contribution in [2.75, 3.05) is 104 Å². The molecule has 0 aliphatic rings. The minimum absolute atomic E-state index is 0.137. The lowest BCUT2D eigenvalue weighted by Crippen LogP contribution is -2.31. The SMILES string of the molecule is CCCOCCOCCOCCCNC(=O)c1nc(N)c(C(=O)NCCCOCCOCCOCCCC(C)(C)C)nc1N. The first-order chi connectivity index (χ1) is 21.2. The summed E-state index contributed by atoms with van der Waals surface area (Å²) in [5.74, 6) is -1.43. The van der Waals surface area contributed by atoms with Crippen molar-refractivity contribution >= 4 is 23.5 Å². The Morgan fingerprint density at radius 2 is 0.932 bits per heavy atom. The van der Waals surface area contributed by atoms with Crippen molar-refractivity contribution < 1.29 is 38.0 Å². The van der Waals surface area contributed by atoms with Crippen molar-refractivity contribution in [3.8, 4) is 0 Å². The van der Waals surface area contributed by atoms with Gasteiger partial charge in [0.15, 0.2) is 23.0 Å². The van der Waals surface area contributed by atoms with E-state index in [1.807, 2.05) is 0 Å². The molecule has 14 nitrogen and oxygen atoms in total. The second kappa shape index (κ2) is 24.7. The molecule has 0 spiro atoms. The van der Waals surface area contributed by atoms with Crippen LogP contribution < -0.4 is 22.1 Å². The summed E-state index contributed by atoms with van der Waals surface area (Å²) in [7, 11) is 0. The van der Waals surface area contributed by atoms with Gasteiger partial charge in [0.1, 0.15) is 0 Å². The highest BCUT2D eigenvalue weighted by Crippen LogP contribution is 2.20. The van der Waals surface area contributed by atoms with Crippen molar-refractivity contribution in [1.29, 1.82) is 0 Å². The number of hydrogen-bond acceptors (Lipinski definition) is 12. The van der Waals surface area contributed by atoms with E-state index in [-0.39, 0.29) is 23.0 Å². The van der Waals surface area contributed by atoms with Gasteiger partial charge in [-0.25, -0.2) is 9.97 Å². The molecule has 0 atom stereocenters. The van der Waals surface area contributed by atoms with E-state index in [0.29, 0.717) is 97.4 Å². The first-order valence-electron chi connectivity index (χ1n) is 15.6. The molecule has 0 aromatic carbocycles. The lowest BCUT2D eigenvalue weighted by Gasteiger charge is -2.17. The normalized spacial score (nSPS) is 11.5. The first-order valence-corrected chi connectivity index (χ1v) is 15.6. The first kappa shape index (κ1) is 39.4. The average Bonchev–Trinajstić information content (AvgIpc) is 2.98. The molecule has 0 aliphatic carbocycles. The summed E-state index contributed by atoms with van der Waals surface area (Å²) in [6.45, 7) is 15.8. The van der Waals surface area contributed by atoms with Gasteiger partial charge in [-0.05, 0) is 37.5 Å². The van der Waals surface area contributed by atoms with Crippen LogP contribution in [0, 0.1) is 5.41 Å². The van der Waals surface area contributed by atoms with Crippen molar-refractivity contribution in [2.24, 2.45) is 5.41 Å². The predicted molar refractivity (Wildman–Crippen MR) is 169 cm³/mol. The zero-order valence-electron chi connectivity index (χ0n) is 27.3. The van der Waals surface area contributed by atoms with Crippen LogP contribution in [0.3, 0.4) is 0 Å². The van der Waals surface area contributed by atoms with E-state index in [4.69, 9.17) is 39.9 Å². The Labute approximate surface area is 262 Å². The zero-order chi connectivity index (χ0) is 32.5. The van der Waals surface area contributed by atoms with E-state index in [2.05, 4.69) is 48.3 Å². The second-order valence-electron chi connectivity index (χ2n) is 11.2. The summed E-state index contributed by atoms with van der Waals surface area (Å²) in [6.07, 6.45) is 4.32. The van der Waals surface area contributed by atoms with Gasteiger partial charge in [0.25, 0.3) is 11.8 Å². The smallest absolute Gasteiger partial charge is 0.273 e. The van der Waals surface area contributed by atoms with E-state index in [1.54, 1.807) is 0 Å². The third-order valence-corrected chi connectivity index (χ3v) is 5.93. The maximum atomic E-state index is 12.5. The van der Waals surface area contributed by atoms with Gasteiger partial charge in [-0.3, -0.25) is 9.59 Å². The molecule has 1 aromatic heterocycles. The highest BCUT2D eigenvalue weighted by molar-refractivity contribution is 6.00. The third-order valence-electron chi connectivity index (χ3n) is 5.93. The van der Waals surface area contributed by atoms with Gasteiger partial charge in [0.05, 0.1) is 52.9 Å². The number of amides is 2. The number of nitrogen functional groups attached to an aromatic ring is 2. The summed E-state index contributed by atoms with van der Waals surface area (Å²) >= 11 is 0. The van der Waals surface area contributed by atoms with E-state index in [0.717, 1.165) is 32.5 Å². The van der Waals surface area contributed by atoms with Crippen LogP contribution in [0.2, 0.25) is 0 Å². The van der Waals surface area contributed by atoms with Crippen LogP contribution in [0.15, 0.2) is 0 Å². The number of carbonyl (C=O) groups is 2. The summed E-state index contributed by atoms with van der Waals surface area (Å²) < 4.78 is 32.8. The number of anilines is 2. The number of rotatable bonds is 27. The van der Waals surface area contributed by atoms with E-state index in [9.17, 15) is 9.59 Å². The Bertz CT molecular complexity index is 916. The van der Waals surface area contributed by atoms with Crippen molar-refractivity contribution in [3.63, 3.8) is 0 Å². The van der Waals surface area contributed by atoms with E-state index < -0.39 is 11.8 Å². The van der Waals surface area contributed by atoms with Gasteiger partial charge in [-0.15, -0.1) is 0 Å². The topological polar surface area (TPSA) is 191 Å². The monoisotopic (exact) mass is 628 g/mol. The van der Waals surface area contributed by atoms with Gasteiger partial charge in [-0.1, -0.05) is 27.7 Å². The molecule has 44 heavy (non-hydrogen) atoms. The van der Waals surface area contributed by atoms with Gasteiger partial charge in [-0.2, -0.15) is 0 Å². The lowest BCUT2D eigenvalue weighted by molar-refractivity contribution is 0.0127. The minimum Gasteiger partial charge on any atom is -0.382 e. The second-order valence-corrected chi connectivity index (χ2v) is 11.2. The Morgan fingerprint density at radius 3 is 1.30 bits per heavy atom. The number of hydrogen-bond donors (Lipinski definition) is 4. The van der Waals surface area contributed by atoms with Crippen LogP contribution in [-0.2, 0) is 28.4 Å². The van der Waals surface area contributed by atoms with Gasteiger partial charge in [0.2, 0.25) is 0 Å². The molecule has 1 aromatic rings. The Kier molecular flexibility index (Phi) is 22.1. The highest BCUT2D eigenvalue weighted by Gasteiger charge is 2.20. The van der Waals surface area contributed by atoms with Crippen molar-refractivity contribution in [1.82, 2.24) is 20.6 Å². The molecule has 0 bridgehead atoms. The molecule has 0 aliphatic heterocycles. The largest absolute Gasteiger partial charge is 0.382 e. The minimum atomic E-state index is -0.533. The number of nitrogens with two attached hydrogens (primary N) is 2. The third kappa shape index (κ3) is 20.4. The molecular weight excluding hydrogens is 572 g/mol. The zero-order valence-corrected chi connectivity index (χ0v) is 27.3. The molecule has 1 heterocycles. The maximum Gasteiger partial charge on any atom is 0.273 e. The van der Waals surface area contributed by atoms with Crippen LogP contribution in [0.4, 0.5) is 11.6 Å². The number of carbonyl (C=O) groups excluding carboxylic acids is 2. The van der Waals surface area contributed by atoms with E-state index in [1.165, 1.54) is 0 Å². The standard InChI is InChI=1S/C30H56N6O8/c1-5-12-39-16-20-43-22-18-41-14-7-10-33-28(37)24-26(31)36-25(27(32)35-24)29(38)34-11-8-15-42-19-23-44-21-17-40-13-6-9-30(2,3)4/h5-23H2,1-4H3,(H2,31,36)(H2,32,35)(H,33,37)(H,34,38). The Balaban J connectivity index is 2.13. The molecule has 254 valence electrons. The van der Waals surface area contributed by atoms with Crippen molar-refractivity contribution in [2.45, 2.75) is 59.8 Å². The number of nitrogens with zero attached hydrogens (tertiary/aromatic N) is 2. The van der Waals surface area contributed by atoms with Gasteiger partial charge < -0.3 is 50.5 Å². The molecule has 0 unspecified atom stereocenters. The molecule has 0 fully saturated rings. The van der Waals surface area contributed by atoms with Gasteiger partial charge in [0, 0.05) is 39.5 Å². The molecule has 2 amide bonds. The van der Waals surface area contributed by atoms with Crippen molar-refractivity contribution in [3.05, 3.63) is 11.4 Å². The Hall–Kier alpha value is -2.62. The quantitative estimate of drug-likeness (QED) is 0.104. The molecule has 0 saturated heterocycles. The molecule has 0 radical (unpaired) electrons. The summed E-state index contributed by atoms with van der Waals surface area (Å²) in [5.41, 5.74) is 11.9. The fourth-order valence-electron chi connectivity index (χ4n) is 3.65.